The summed E-state index contributed by atoms with van der Waals surface area (Å²) in [7, 11) is 0. The van der Waals surface area contributed by atoms with Crippen LogP contribution >= 0.6 is 34.8 Å². The molecule has 0 bridgehead atoms. The Bertz CT molecular complexity index is 6060. The third-order valence-electron chi connectivity index (χ3n) is 30.1. The molecular weight excluding hydrogens is 1700 g/mol. The normalized spacial score (nSPS) is 20.6. The maximum Gasteiger partial charge on any atom is 0.147 e. The van der Waals surface area contributed by atoms with Crippen LogP contribution in [0.5, 0.6) is 0 Å². The number of benzene rings is 3. The largest absolute Gasteiger partial charge is 0.355 e. The Morgan fingerprint density at radius 3 is 1.00 bits per heavy atom. The highest BCUT2D eigenvalue weighted by molar-refractivity contribution is 6.37. The first-order chi connectivity index (χ1) is 63.0. The Morgan fingerprint density at radius 1 is 0.359 bits per heavy atom. The number of nitrogens with two attached hydrogens (primary N) is 5. The molecule has 3 aromatic carbocycles. The topological polar surface area (TPSA) is 363 Å². The minimum Gasteiger partial charge on any atom is -0.355 e. The number of piperidine rings is 5. The van der Waals surface area contributed by atoms with Gasteiger partial charge in [0.25, 0.3) is 0 Å². The molecule has 131 heavy (non-hydrogen) atoms. The van der Waals surface area contributed by atoms with Gasteiger partial charge in [0.2, 0.25) is 0 Å². The summed E-state index contributed by atoms with van der Waals surface area (Å²) < 4.78 is 0. The second-order valence-corrected chi connectivity index (χ2v) is 40.2. The number of fused-ring (bicyclic) bond motifs is 5. The molecule has 12 aliphatic rings. The fourth-order valence-electron chi connectivity index (χ4n) is 20.4. The van der Waals surface area contributed by atoms with Crippen molar-refractivity contribution in [1.29, 1.82) is 0 Å². The van der Waals surface area contributed by atoms with E-state index in [2.05, 4.69) is 145 Å². The lowest BCUT2D eigenvalue weighted by Crippen LogP contribution is -2.56. The molecule has 7 fully saturated rings. The van der Waals surface area contributed by atoms with Crippen molar-refractivity contribution in [2.75, 3.05) is 96.5 Å². The summed E-state index contributed by atoms with van der Waals surface area (Å²) in [5.74, 6) is 4.74. The Hall–Kier alpha value is -10.6. The Balaban J connectivity index is 0.000000110. The minimum absolute atomic E-state index is 0.0559. The van der Waals surface area contributed by atoms with Crippen molar-refractivity contribution in [1.82, 2.24) is 59.8 Å². The summed E-state index contributed by atoms with van der Waals surface area (Å²) in [4.78, 5) is 91.5. The zero-order chi connectivity index (χ0) is 91.4. The number of nitrogens with zero attached hydrogens (tertiary/aromatic N) is 22. The third-order valence-corrected chi connectivity index (χ3v) is 31.4. The van der Waals surface area contributed by atoms with Gasteiger partial charge in [0.15, 0.2) is 0 Å². The van der Waals surface area contributed by atoms with Crippen molar-refractivity contribution in [2.24, 2.45) is 69.9 Å². The number of anilines is 5. The van der Waals surface area contributed by atoms with Gasteiger partial charge in [0.1, 0.15) is 57.6 Å². The number of aryl methyl sites for hydroxylation is 5. The molecule has 0 radical (unpaired) electrons. The van der Waals surface area contributed by atoms with Gasteiger partial charge >= 0.3 is 0 Å². The van der Waals surface area contributed by atoms with Crippen LogP contribution in [-0.4, -0.2) is 184 Å². The van der Waals surface area contributed by atoms with E-state index in [9.17, 15) is 0 Å². The van der Waals surface area contributed by atoms with E-state index in [1.807, 2.05) is 76.0 Å². The number of hydrogen-bond acceptors (Lipinski definition) is 27. The van der Waals surface area contributed by atoms with Gasteiger partial charge in [-0.3, -0.25) is 34.9 Å². The van der Waals surface area contributed by atoms with Gasteiger partial charge in [-0.25, -0.2) is 49.8 Å². The molecule has 10 N–H and O–H groups in total. The molecular formula is C101H122Cl3N27. The van der Waals surface area contributed by atoms with Gasteiger partial charge in [-0.15, -0.1) is 0 Å². The molecule has 2 saturated carbocycles. The highest BCUT2D eigenvalue weighted by atomic mass is 35.5. The van der Waals surface area contributed by atoms with Crippen LogP contribution in [-0.2, 0) is 32.7 Å². The van der Waals surface area contributed by atoms with E-state index in [0.29, 0.717) is 70.7 Å². The van der Waals surface area contributed by atoms with Crippen LogP contribution in [0.15, 0.2) is 135 Å². The molecule has 17 heterocycles. The second kappa shape index (κ2) is 37.4. The van der Waals surface area contributed by atoms with E-state index in [4.69, 9.17) is 118 Å². The van der Waals surface area contributed by atoms with Gasteiger partial charge in [0, 0.05) is 129 Å². The quantitative estimate of drug-likeness (QED) is 0.0803. The van der Waals surface area contributed by atoms with Crippen LogP contribution in [0.1, 0.15) is 241 Å². The van der Waals surface area contributed by atoms with Crippen molar-refractivity contribution in [3.8, 4) is 0 Å². The van der Waals surface area contributed by atoms with Crippen LogP contribution < -0.4 is 53.2 Å². The van der Waals surface area contributed by atoms with E-state index >= 15 is 0 Å². The predicted molar refractivity (Wildman–Crippen MR) is 526 cm³/mol. The van der Waals surface area contributed by atoms with Crippen LogP contribution in [0, 0.1) is 64.7 Å². The molecule has 7 aromatic heterocycles. The number of aromatic nitrogens is 12. The van der Waals surface area contributed by atoms with Gasteiger partial charge in [-0.05, 0) is 222 Å². The molecule has 10 aliphatic heterocycles. The minimum atomic E-state index is -0.0706. The van der Waals surface area contributed by atoms with Crippen molar-refractivity contribution < 1.29 is 0 Å². The van der Waals surface area contributed by atoms with Crippen LogP contribution in [0.4, 0.5) is 29.1 Å². The van der Waals surface area contributed by atoms with Gasteiger partial charge in [-0.2, -0.15) is 0 Å². The first-order valence-electron chi connectivity index (χ1n) is 46.7. The van der Waals surface area contributed by atoms with E-state index in [1.54, 1.807) is 12.4 Å². The fourth-order valence-corrected chi connectivity index (χ4v) is 21.0. The summed E-state index contributed by atoms with van der Waals surface area (Å²) >= 11 is 19.3. The summed E-state index contributed by atoms with van der Waals surface area (Å²) in [5.41, 5.74) is 58.4. The maximum absolute atomic E-state index is 6.45. The Labute approximate surface area is 784 Å². The van der Waals surface area contributed by atoms with Crippen molar-refractivity contribution in [3.05, 3.63) is 249 Å². The van der Waals surface area contributed by atoms with E-state index in [1.165, 1.54) is 59.9 Å². The molecule has 5 saturated heterocycles. The molecule has 22 rings (SSSR count). The van der Waals surface area contributed by atoms with E-state index < -0.39 is 0 Å². The summed E-state index contributed by atoms with van der Waals surface area (Å²) in [6, 6.07) is 23.2. The van der Waals surface area contributed by atoms with Crippen molar-refractivity contribution in [2.45, 2.75) is 221 Å². The Morgan fingerprint density at radius 2 is 0.679 bits per heavy atom. The molecule has 682 valence electrons. The first-order valence-corrected chi connectivity index (χ1v) is 47.9. The number of halogens is 3. The fraction of sp³-hybridized carbons (Fsp3) is 0.475. The molecule has 1 unspecified atom stereocenters. The molecule has 0 amide bonds. The molecule has 30 heteroatoms. The maximum atomic E-state index is 6.45. The van der Waals surface area contributed by atoms with E-state index in [0.717, 1.165) is 290 Å². The lowest BCUT2D eigenvalue weighted by molar-refractivity contribution is 0.0610. The monoisotopic (exact) mass is 1820 g/mol. The molecule has 2 atom stereocenters. The number of aliphatic imine (C=N–C) groups is 5. The number of hydrogen-bond donors (Lipinski definition) is 5. The van der Waals surface area contributed by atoms with Gasteiger partial charge in [-0.1, -0.05) is 96.2 Å². The number of pyridine rings is 2. The molecule has 2 spiro atoms. The van der Waals surface area contributed by atoms with Crippen LogP contribution in [0.25, 0.3) is 0 Å². The highest BCUT2D eigenvalue weighted by Crippen LogP contribution is 2.50. The predicted octanol–water partition coefficient (Wildman–Crippen LogP) is 15.1. The zero-order valence-corrected chi connectivity index (χ0v) is 79.6. The third kappa shape index (κ3) is 18.7. The Kier molecular flexibility index (Phi) is 26.0. The lowest BCUT2D eigenvalue weighted by Gasteiger charge is -2.52. The zero-order valence-electron chi connectivity index (χ0n) is 77.3. The van der Waals surface area contributed by atoms with E-state index in [-0.39, 0.29) is 16.5 Å². The molecule has 2 aliphatic carbocycles. The average Bonchev–Trinajstić information content (AvgIpc) is 1.73. The van der Waals surface area contributed by atoms with Gasteiger partial charge < -0.3 is 53.2 Å². The van der Waals surface area contributed by atoms with Crippen LogP contribution in [0.2, 0.25) is 15.1 Å². The highest BCUT2D eigenvalue weighted by Gasteiger charge is 2.47. The summed E-state index contributed by atoms with van der Waals surface area (Å²) in [5, 5.41) is 1.96. The number of rotatable bonds is 11. The summed E-state index contributed by atoms with van der Waals surface area (Å²) in [6.45, 7) is 34.3. The van der Waals surface area contributed by atoms with Crippen molar-refractivity contribution >= 4 is 92.5 Å². The standard InChI is InChI=1S/C21H25ClN6.C21H27N5.C20H23ClN6.C20H25N5.C19H22ClN5/c1-13-18(22)14(4-8-24-13)19-20-15(11-25-19)27-17(12-26-20)28-9-6-21(7-10-28)5-2-3-16(21)23;1-14-5-4-6-16(15(14)2)19-20-17(11-23-19)25-18(12-24-20)26-9-7-21(3,13-22)8-10-26;1-12-17(21)13(3-7-23-12)18-19-14(10-24-18)26-16(11-25-19)27-8-5-20(6-9-27)4-2-15(20)22;1-13-5-4-6-15(14(13)2)18-19-16(11-22-18)24-17(12-23-19)25-9-7-20(3,21)8-10-25;1-12-3-4-14(20)13(9-12)17-18-15(10-22-17)24-16(11-23-18)25-7-5-19(2,21)6-8-25/h4,8,12,16H,2-3,5-7,9-11,23H2,1H3;4-6,12H,7-11,13,22H2,1-3H3;3,7,11,15H,2,4-6,8-10,22H2,1H3;4-6,12H,7-11,21H2,1-3H3;3-4,9,11H,5-8,10,21H2,1-2H3/t16-;;;;/m1..../s1. The summed E-state index contributed by atoms with van der Waals surface area (Å²) in [6.07, 6.45) is 29.8. The van der Waals surface area contributed by atoms with Crippen LogP contribution in [0.3, 0.4) is 0 Å². The molecule has 27 nitrogen and oxygen atoms in total. The lowest BCUT2D eigenvalue weighted by atomic mass is 9.60. The van der Waals surface area contributed by atoms with Gasteiger partial charge in [0.05, 0.1) is 147 Å². The first kappa shape index (κ1) is 90.9. The second-order valence-electron chi connectivity index (χ2n) is 39.1. The molecule has 10 aromatic rings. The SMILES string of the molecule is Cc1ccc(Cl)c(C2=NCc3nc(N4CCC(C)(N)CC4)cnc32)c1.Cc1cccc(C2=NCc3nc(N4CCC(C)(CN)CC4)cnc32)c1C.Cc1cccc(C2=NCc3nc(N4CCC(C)(N)CC4)cnc32)c1C.Cc1nccc(C2=NCc3nc(N4CCC5(CCC5N)CC4)cnc32)c1Cl.Cc1nccc(C2=NCc3nc(N4CCC5(CCC[C@H]5N)CC4)cnc32)c1Cl. The van der Waals surface area contributed by atoms with Crippen molar-refractivity contribution in [3.63, 3.8) is 0 Å². The smallest absolute Gasteiger partial charge is 0.147 e. The average molecular weight is 1820 g/mol.